The number of aromatic nitrogens is 2. The quantitative estimate of drug-likeness (QED) is 0.126. The molecule has 17 heteroatoms. The van der Waals surface area contributed by atoms with Gasteiger partial charge in [-0.25, -0.2) is 4.98 Å². The third-order valence-corrected chi connectivity index (χ3v) is 15.7. The molecule has 62 heavy (non-hydrogen) atoms. The molecule has 1 aromatic heterocycles. The summed E-state index contributed by atoms with van der Waals surface area (Å²) >= 11 is 0. The van der Waals surface area contributed by atoms with Crippen molar-refractivity contribution in [3.63, 3.8) is 0 Å². The fraction of sp³-hybridized carbons (Fsp3) is 0. The number of imidazole rings is 1. The molecule has 0 N–H and O–H groups in total. The molecule has 0 amide bonds. The van der Waals surface area contributed by atoms with Crippen LogP contribution in [0.25, 0.3) is 83.0 Å². The lowest BCUT2D eigenvalue weighted by atomic mass is 9.58. The number of hydrogen-bond acceptors (Lipinski definition) is 1. The minimum absolute atomic E-state index is 0.967. The van der Waals surface area contributed by atoms with Crippen molar-refractivity contribution >= 4 is 232 Å². The van der Waals surface area contributed by atoms with Gasteiger partial charge in [0.15, 0.2) is 0 Å². The zero-order valence-corrected chi connectivity index (χ0v) is 39.6. The smallest absolute Gasteiger partial charge is 0.145 e. The Morgan fingerprint density at radius 2 is 0.677 bits per heavy atom. The van der Waals surface area contributed by atoms with E-state index in [0.717, 1.165) is 22.4 Å². The van der Waals surface area contributed by atoms with Crippen LogP contribution in [0, 0.1) is 0 Å². The highest BCUT2D eigenvalue weighted by Crippen LogP contribution is 2.43. The topological polar surface area (TPSA) is 17.8 Å². The summed E-state index contributed by atoms with van der Waals surface area (Å²) in [6.45, 7) is 0. The Kier molecular flexibility index (Phi) is 10.5. The second-order valence-electron chi connectivity index (χ2n) is 18.4. The van der Waals surface area contributed by atoms with Gasteiger partial charge in [0.05, 0.1) is 11.0 Å². The molecule has 280 valence electrons. The molecule has 0 atom stereocenters. The molecule has 0 fully saturated rings. The minimum atomic E-state index is 0.967. The van der Waals surface area contributed by atoms with Crippen LogP contribution in [0.1, 0.15) is 0 Å². The standard InChI is InChI=1S/C45H45B15N2/c46-29-27(30(47)34(51)37(54)33(29)50)25-19-5-1-2-6-20(19)26(28-31(48)35(52)38(55)36(53)32(28)49)22-15-18(13-14-21(22)25)16-9-11-17(12-10-16)45-61-23-7-3-4-8-24(23)62(45)44-42(59)40(57)39(56)41(58)43(44)60/h1-15H,46-60H2. The molecular formula is C45H45B15N2. The van der Waals surface area contributed by atoms with Crippen molar-refractivity contribution in [3.8, 4) is 50.5 Å². The highest BCUT2D eigenvalue weighted by molar-refractivity contribution is 6.71. The molecule has 8 aromatic carbocycles. The molecule has 0 radical (unpaired) electrons. The summed E-state index contributed by atoms with van der Waals surface area (Å²) in [6.07, 6.45) is 0. The van der Waals surface area contributed by atoms with E-state index in [1.165, 1.54) is 143 Å². The van der Waals surface area contributed by atoms with Gasteiger partial charge in [0.2, 0.25) is 0 Å². The van der Waals surface area contributed by atoms with Crippen molar-refractivity contribution in [2.24, 2.45) is 0 Å². The van der Waals surface area contributed by atoms with Crippen molar-refractivity contribution in [2.45, 2.75) is 0 Å². The van der Waals surface area contributed by atoms with E-state index in [9.17, 15) is 0 Å². The van der Waals surface area contributed by atoms with Crippen LogP contribution in [0.4, 0.5) is 0 Å². The summed E-state index contributed by atoms with van der Waals surface area (Å²) in [4.78, 5) is 5.31. The molecule has 0 bridgehead atoms. The Labute approximate surface area is 381 Å². The Hall–Kier alpha value is -5.28. The Morgan fingerprint density at radius 1 is 0.306 bits per heavy atom. The van der Waals surface area contributed by atoms with Gasteiger partial charge in [0.25, 0.3) is 0 Å². The van der Waals surface area contributed by atoms with Crippen molar-refractivity contribution in [1.82, 2.24) is 9.55 Å². The van der Waals surface area contributed by atoms with Crippen LogP contribution >= 0.6 is 0 Å². The number of nitrogens with zero attached hydrogens (tertiary/aromatic N) is 2. The molecule has 9 rings (SSSR count). The van der Waals surface area contributed by atoms with E-state index < -0.39 is 0 Å². The Balaban J connectivity index is 1.32. The van der Waals surface area contributed by atoms with E-state index in [1.54, 1.807) is 0 Å². The predicted molar refractivity (Wildman–Crippen MR) is 320 cm³/mol. The lowest BCUT2D eigenvalue weighted by Crippen LogP contribution is -2.56. The fourth-order valence-corrected chi connectivity index (χ4v) is 10.7. The van der Waals surface area contributed by atoms with Crippen molar-refractivity contribution in [1.29, 1.82) is 0 Å². The van der Waals surface area contributed by atoms with Gasteiger partial charge in [-0.3, -0.25) is 4.57 Å². The maximum atomic E-state index is 5.31. The van der Waals surface area contributed by atoms with Gasteiger partial charge >= 0.3 is 0 Å². The molecule has 0 saturated heterocycles. The summed E-state index contributed by atoms with van der Waals surface area (Å²) in [5.41, 5.74) is 32.7. The number of hydrogen-bond donors (Lipinski definition) is 0. The first-order valence-corrected chi connectivity index (χ1v) is 22.3. The summed E-state index contributed by atoms with van der Waals surface area (Å²) in [5.74, 6) is 0.967. The molecule has 0 aliphatic rings. The SMILES string of the molecule is Bc1c(B)c(B)c(-c2c3ccccc3c(-c3c(B)c(B)c(B)c(B)c3B)c3cc(-c4ccc(-c5nc6ccccc6n5-c5c(B)c(B)c(B)c(B)c5B)cc4)ccc23)c(B)c1B. The van der Waals surface area contributed by atoms with E-state index >= 15 is 0 Å². The molecule has 0 aliphatic heterocycles. The van der Waals surface area contributed by atoms with E-state index in [4.69, 9.17) is 4.98 Å². The summed E-state index contributed by atoms with van der Waals surface area (Å²) in [5, 5.41) is 5.20. The van der Waals surface area contributed by atoms with Crippen molar-refractivity contribution < 1.29 is 0 Å². The van der Waals surface area contributed by atoms with E-state index in [2.05, 4.69) is 213 Å². The van der Waals surface area contributed by atoms with Crippen LogP contribution in [0.3, 0.4) is 0 Å². The van der Waals surface area contributed by atoms with E-state index in [1.807, 2.05) is 0 Å². The first-order chi connectivity index (χ1) is 29.5. The van der Waals surface area contributed by atoms with E-state index in [0.29, 0.717) is 0 Å². The molecule has 0 unspecified atom stereocenters. The highest BCUT2D eigenvalue weighted by atomic mass is 15.1. The fourth-order valence-electron chi connectivity index (χ4n) is 10.7. The van der Waals surface area contributed by atoms with E-state index in [-0.39, 0.29) is 0 Å². The van der Waals surface area contributed by atoms with Crippen LogP contribution < -0.4 is 81.9 Å². The number of benzene rings is 8. The van der Waals surface area contributed by atoms with Gasteiger partial charge in [-0.1, -0.05) is 116 Å². The van der Waals surface area contributed by atoms with Crippen molar-refractivity contribution in [2.75, 3.05) is 0 Å². The number of fused-ring (bicyclic) bond motifs is 3. The second-order valence-corrected chi connectivity index (χ2v) is 18.4. The van der Waals surface area contributed by atoms with Crippen LogP contribution in [-0.2, 0) is 0 Å². The maximum Gasteiger partial charge on any atom is 0.145 e. The lowest BCUT2D eigenvalue weighted by molar-refractivity contribution is 1.12. The summed E-state index contributed by atoms with van der Waals surface area (Å²) < 4.78 is 2.40. The largest absolute Gasteiger partial charge is 0.294 e. The highest BCUT2D eigenvalue weighted by Gasteiger charge is 2.25. The second kappa shape index (κ2) is 15.5. The molecular weight excluding hydrogens is 731 g/mol. The van der Waals surface area contributed by atoms with Crippen LogP contribution in [-0.4, -0.2) is 127 Å². The van der Waals surface area contributed by atoms with Gasteiger partial charge in [-0.2, -0.15) is 0 Å². The molecule has 2 nitrogen and oxygen atoms in total. The van der Waals surface area contributed by atoms with Gasteiger partial charge < -0.3 is 0 Å². The third kappa shape index (κ3) is 6.19. The van der Waals surface area contributed by atoms with Crippen LogP contribution in [0.15, 0.2) is 91.0 Å². The molecule has 0 aliphatic carbocycles. The molecule has 9 aromatic rings. The normalized spacial score (nSPS) is 11.5. The Morgan fingerprint density at radius 3 is 1.18 bits per heavy atom. The van der Waals surface area contributed by atoms with Gasteiger partial charge in [0.1, 0.15) is 124 Å². The summed E-state index contributed by atoms with van der Waals surface area (Å²) in [6, 6.07) is 34.1. The minimum Gasteiger partial charge on any atom is -0.294 e. The zero-order valence-electron chi connectivity index (χ0n) is 39.6. The third-order valence-electron chi connectivity index (χ3n) is 15.7. The van der Waals surface area contributed by atoms with Gasteiger partial charge in [-0.15, -0.1) is 38.2 Å². The van der Waals surface area contributed by atoms with Crippen molar-refractivity contribution in [3.05, 3.63) is 91.0 Å². The molecule has 0 saturated carbocycles. The van der Waals surface area contributed by atoms with Crippen LogP contribution in [0.2, 0.25) is 0 Å². The number of rotatable bonds is 5. The first kappa shape index (κ1) is 42.0. The van der Waals surface area contributed by atoms with Gasteiger partial charge in [0, 0.05) is 11.3 Å². The first-order valence-electron chi connectivity index (χ1n) is 22.3. The predicted octanol–water partition coefficient (Wildman–Crippen LogP) is -14.1. The molecule has 0 spiro atoms. The monoisotopic (exact) mass is 778 g/mol. The molecule has 1 heterocycles. The summed E-state index contributed by atoms with van der Waals surface area (Å²) in [7, 11) is 34.4. The Bertz CT molecular complexity index is 3330. The average Bonchev–Trinajstić information content (AvgIpc) is 3.67. The van der Waals surface area contributed by atoms with Gasteiger partial charge in [-0.05, 0) is 73.1 Å². The maximum absolute atomic E-state index is 5.31. The zero-order chi connectivity index (χ0) is 44.2. The lowest BCUT2D eigenvalue weighted by Gasteiger charge is -2.27. The number of para-hydroxylation sites is 2. The average molecular weight is 776 g/mol. The van der Waals surface area contributed by atoms with Crippen LogP contribution in [0.5, 0.6) is 0 Å².